The van der Waals surface area contributed by atoms with E-state index in [1.165, 1.54) is 12.3 Å². The maximum Gasteiger partial charge on any atom is 0.340 e. The van der Waals surface area contributed by atoms with Gasteiger partial charge < -0.3 is 14.6 Å². The third kappa shape index (κ3) is 4.67. The molecule has 11 heteroatoms. The highest BCUT2D eigenvalue weighted by atomic mass is 19.1. The van der Waals surface area contributed by atoms with Crippen LogP contribution in [0.1, 0.15) is 59.5 Å². The van der Waals surface area contributed by atoms with Crippen LogP contribution in [0.5, 0.6) is 0 Å². The van der Waals surface area contributed by atoms with Crippen molar-refractivity contribution in [1.82, 2.24) is 34.5 Å². The first-order chi connectivity index (χ1) is 19.8. The summed E-state index contributed by atoms with van der Waals surface area (Å²) in [6.45, 7) is 8.70. The predicted molar refractivity (Wildman–Crippen MR) is 151 cm³/mol. The molecule has 10 nitrogen and oxygen atoms in total. The fraction of sp³-hybridized carbons (Fsp3) is 0.433. The van der Waals surface area contributed by atoms with Gasteiger partial charge in [-0.15, -0.1) is 0 Å². The molecule has 6 heterocycles. The number of rotatable bonds is 7. The number of nitrogens with zero attached hydrogens (tertiary/aromatic N) is 6. The number of aromatic nitrogens is 5. The zero-order valence-corrected chi connectivity index (χ0v) is 23.6. The smallest absolute Gasteiger partial charge is 0.340 e. The van der Waals surface area contributed by atoms with Crippen LogP contribution in [-0.2, 0) is 10.3 Å². The molecule has 0 saturated carbocycles. The molecule has 0 spiro atoms. The number of hydrogen-bond donors (Lipinski definition) is 1. The van der Waals surface area contributed by atoms with Crippen molar-refractivity contribution in [1.29, 1.82) is 0 Å². The van der Waals surface area contributed by atoms with Crippen molar-refractivity contribution >= 4 is 22.9 Å². The van der Waals surface area contributed by atoms with E-state index in [4.69, 9.17) is 9.84 Å². The molecule has 214 valence electrons. The lowest BCUT2D eigenvalue weighted by molar-refractivity contribution is -0.0458. The normalized spacial score (nSPS) is 17.5. The molecule has 4 aromatic heterocycles. The number of H-pyrrole nitrogens is 1. The van der Waals surface area contributed by atoms with Gasteiger partial charge in [-0.25, -0.2) is 14.2 Å². The number of amides is 1. The zero-order chi connectivity index (χ0) is 28.7. The van der Waals surface area contributed by atoms with Crippen molar-refractivity contribution in [2.24, 2.45) is 0 Å². The molecule has 0 aromatic carbocycles. The molecule has 0 radical (unpaired) electrons. The van der Waals surface area contributed by atoms with E-state index in [0.29, 0.717) is 30.3 Å². The summed E-state index contributed by atoms with van der Waals surface area (Å²) in [5.74, 6) is -1.21. The number of hydrogen-bond acceptors (Lipinski definition) is 7. The summed E-state index contributed by atoms with van der Waals surface area (Å²) in [6.07, 6.45) is 11.3. The first-order valence-electron chi connectivity index (χ1n) is 14.2. The van der Waals surface area contributed by atoms with Gasteiger partial charge in [0.2, 0.25) is 0 Å². The van der Waals surface area contributed by atoms with Crippen LogP contribution in [0.15, 0.2) is 43.1 Å². The van der Waals surface area contributed by atoms with Crippen LogP contribution in [0.25, 0.3) is 22.2 Å². The first-order valence-corrected chi connectivity index (χ1v) is 14.2. The number of likely N-dealkylation sites (tertiary alicyclic amines) is 2. The van der Waals surface area contributed by atoms with E-state index in [1.54, 1.807) is 24.9 Å². The molecule has 2 aliphatic heterocycles. The second-order valence-electron chi connectivity index (χ2n) is 10.9. The van der Waals surface area contributed by atoms with Gasteiger partial charge in [0, 0.05) is 73.5 Å². The van der Waals surface area contributed by atoms with E-state index in [1.807, 2.05) is 29.3 Å². The van der Waals surface area contributed by atoms with Gasteiger partial charge in [-0.3, -0.25) is 19.4 Å². The molecule has 1 amide bonds. The number of esters is 1. The molecule has 0 atom stereocenters. The number of ether oxygens (including phenoxy) is 1. The maximum atomic E-state index is 14.5. The Bertz CT molecular complexity index is 1600. The van der Waals surface area contributed by atoms with Crippen molar-refractivity contribution < 1.29 is 18.7 Å². The molecular weight excluding hydrogens is 525 g/mol. The third-order valence-corrected chi connectivity index (χ3v) is 8.65. The molecule has 6 rings (SSSR count). The SMILES string of the molecule is CCOC(=O)c1cnc2[nH]ccc2c1-c1cnn(C2(CC)CN(C3CCN(C(=O)c4ccnc(C)c4F)CC3)C2)c1. The Kier molecular flexibility index (Phi) is 7.06. The Morgan fingerprint density at radius 3 is 2.63 bits per heavy atom. The van der Waals surface area contributed by atoms with Gasteiger partial charge in [-0.1, -0.05) is 6.92 Å². The van der Waals surface area contributed by atoms with Crippen LogP contribution < -0.4 is 0 Å². The van der Waals surface area contributed by atoms with Crippen LogP contribution in [-0.4, -0.2) is 85.2 Å². The Morgan fingerprint density at radius 1 is 1.12 bits per heavy atom. The Balaban J connectivity index is 1.15. The molecule has 0 aliphatic carbocycles. The van der Waals surface area contributed by atoms with Crippen molar-refractivity contribution in [3.05, 3.63) is 65.8 Å². The minimum Gasteiger partial charge on any atom is -0.462 e. The summed E-state index contributed by atoms with van der Waals surface area (Å²) >= 11 is 0. The van der Waals surface area contributed by atoms with E-state index in [0.717, 1.165) is 48.9 Å². The van der Waals surface area contributed by atoms with Gasteiger partial charge in [-0.05, 0) is 45.2 Å². The number of fused-ring (bicyclic) bond motifs is 1. The van der Waals surface area contributed by atoms with Crippen LogP contribution in [0.3, 0.4) is 0 Å². The van der Waals surface area contributed by atoms with Gasteiger partial charge in [0.1, 0.15) is 5.65 Å². The lowest BCUT2D eigenvalue weighted by atomic mass is 9.84. The summed E-state index contributed by atoms with van der Waals surface area (Å²) in [5, 5.41) is 5.62. The number of aromatic amines is 1. The standard InChI is InChI=1S/C30H34FN7O3/c1-4-30(17-37(18-30)21-8-12-36(13-9-21)28(39)23-7-10-32-19(3)26(23)31)38-16-20(14-35-38)25-22-6-11-33-27(22)34-15-24(25)29(40)41-5-2/h6-7,10-11,14-16,21H,4-5,8-9,12-13,17-18H2,1-3H3,(H,33,34). The highest BCUT2D eigenvalue weighted by molar-refractivity contribution is 6.06. The number of piperidine rings is 1. The van der Waals surface area contributed by atoms with Crippen molar-refractivity contribution in [3.63, 3.8) is 0 Å². The average molecular weight is 560 g/mol. The quantitative estimate of drug-likeness (QED) is 0.339. The van der Waals surface area contributed by atoms with E-state index in [9.17, 15) is 14.0 Å². The molecule has 0 bridgehead atoms. The number of pyridine rings is 2. The summed E-state index contributed by atoms with van der Waals surface area (Å²) in [5.41, 5.74) is 2.91. The predicted octanol–water partition coefficient (Wildman–Crippen LogP) is 4.17. The minimum atomic E-state index is -0.535. The molecule has 4 aromatic rings. The van der Waals surface area contributed by atoms with E-state index in [2.05, 4.69) is 26.8 Å². The lowest BCUT2D eigenvalue weighted by Crippen LogP contribution is -2.66. The molecule has 2 aliphatic rings. The van der Waals surface area contributed by atoms with Crippen LogP contribution in [0, 0.1) is 12.7 Å². The second-order valence-corrected chi connectivity index (χ2v) is 10.9. The van der Waals surface area contributed by atoms with E-state index >= 15 is 0 Å². The lowest BCUT2D eigenvalue weighted by Gasteiger charge is -2.54. The van der Waals surface area contributed by atoms with Gasteiger partial charge in [0.15, 0.2) is 5.82 Å². The second kappa shape index (κ2) is 10.7. The summed E-state index contributed by atoms with van der Waals surface area (Å²) < 4.78 is 21.8. The monoisotopic (exact) mass is 559 g/mol. The van der Waals surface area contributed by atoms with Gasteiger partial charge in [-0.2, -0.15) is 5.10 Å². The van der Waals surface area contributed by atoms with Gasteiger partial charge in [0.25, 0.3) is 5.91 Å². The highest BCUT2D eigenvalue weighted by Gasteiger charge is 2.47. The molecule has 2 fully saturated rings. The van der Waals surface area contributed by atoms with Crippen LogP contribution >= 0.6 is 0 Å². The molecule has 0 unspecified atom stereocenters. The summed E-state index contributed by atoms with van der Waals surface area (Å²) in [4.78, 5) is 41.4. The minimum absolute atomic E-state index is 0.0941. The topological polar surface area (TPSA) is 109 Å². The number of carbonyl (C=O) groups is 2. The van der Waals surface area contributed by atoms with E-state index in [-0.39, 0.29) is 29.3 Å². The van der Waals surface area contributed by atoms with Crippen LogP contribution in [0.2, 0.25) is 0 Å². The average Bonchev–Trinajstić information content (AvgIpc) is 3.64. The van der Waals surface area contributed by atoms with E-state index < -0.39 is 11.8 Å². The van der Waals surface area contributed by atoms with Crippen molar-refractivity contribution in [2.75, 3.05) is 32.8 Å². The molecule has 2 saturated heterocycles. The molecular formula is C30H34FN7O3. The Labute approximate surface area is 237 Å². The highest BCUT2D eigenvalue weighted by Crippen LogP contribution is 2.38. The first kappa shape index (κ1) is 27.1. The number of halogens is 1. The van der Waals surface area contributed by atoms with Crippen molar-refractivity contribution in [2.45, 2.75) is 51.6 Å². The Hall–Kier alpha value is -4.12. The Morgan fingerprint density at radius 2 is 1.90 bits per heavy atom. The van der Waals surface area contributed by atoms with Gasteiger partial charge >= 0.3 is 5.97 Å². The fourth-order valence-electron chi connectivity index (χ4n) is 6.21. The molecule has 41 heavy (non-hydrogen) atoms. The number of carbonyl (C=O) groups excluding carboxylic acids is 2. The third-order valence-electron chi connectivity index (χ3n) is 8.65. The summed E-state index contributed by atoms with van der Waals surface area (Å²) in [6, 6.07) is 3.73. The van der Waals surface area contributed by atoms with Crippen molar-refractivity contribution in [3.8, 4) is 11.1 Å². The number of aryl methyl sites for hydroxylation is 1. The van der Waals surface area contributed by atoms with Gasteiger partial charge in [0.05, 0.1) is 35.2 Å². The summed E-state index contributed by atoms with van der Waals surface area (Å²) in [7, 11) is 0. The van der Waals surface area contributed by atoms with Crippen LogP contribution in [0.4, 0.5) is 4.39 Å². The molecule has 1 N–H and O–H groups in total. The fourth-order valence-corrected chi connectivity index (χ4v) is 6.21. The number of nitrogens with one attached hydrogen (secondary N) is 1. The maximum absolute atomic E-state index is 14.5. The zero-order valence-electron chi connectivity index (χ0n) is 23.6. The largest absolute Gasteiger partial charge is 0.462 e.